The molecule has 2 aromatic rings. The zero-order valence-corrected chi connectivity index (χ0v) is 12.0. The van der Waals surface area contributed by atoms with Crippen molar-refractivity contribution in [3.05, 3.63) is 65.2 Å². The molecular formula is C16H14F4N2O. The number of carbonyl (C=O) groups excluding carboxylic acids is 1. The van der Waals surface area contributed by atoms with Crippen LogP contribution in [0.3, 0.4) is 0 Å². The molecule has 0 aromatic heterocycles. The van der Waals surface area contributed by atoms with Gasteiger partial charge in [0.1, 0.15) is 5.82 Å². The highest BCUT2D eigenvalue weighted by molar-refractivity contribution is 5.80. The van der Waals surface area contributed by atoms with Crippen LogP contribution in [0.1, 0.15) is 5.56 Å². The average Bonchev–Trinajstić information content (AvgIpc) is 2.54. The molecule has 0 aliphatic rings. The van der Waals surface area contributed by atoms with Gasteiger partial charge in [-0.15, -0.1) is 0 Å². The minimum Gasteiger partial charge on any atom is -0.374 e. The summed E-state index contributed by atoms with van der Waals surface area (Å²) in [5.74, 6) is -5.13. The molecule has 0 heterocycles. The molecule has 23 heavy (non-hydrogen) atoms. The van der Waals surface area contributed by atoms with Gasteiger partial charge in [-0.25, -0.2) is 17.6 Å². The number of benzene rings is 2. The zero-order chi connectivity index (χ0) is 16.8. The monoisotopic (exact) mass is 326 g/mol. The molecule has 7 heteroatoms. The van der Waals surface area contributed by atoms with Crippen molar-refractivity contribution in [1.82, 2.24) is 5.32 Å². The van der Waals surface area contributed by atoms with Gasteiger partial charge in [-0.1, -0.05) is 18.2 Å². The van der Waals surface area contributed by atoms with Crippen LogP contribution in [0.4, 0.5) is 23.2 Å². The third-order valence-electron chi connectivity index (χ3n) is 3.15. The quantitative estimate of drug-likeness (QED) is 0.633. The summed E-state index contributed by atoms with van der Waals surface area (Å²) in [6.07, 6.45) is 0.304. The first-order valence-electron chi connectivity index (χ1n) is 6.86. The largest absolute Gasteiger partial charge is 0.374 e. The summed E-state index contributed by atoms with van der Waals surface area (Å²) < 4.78 is 52.5. The summed E-state index contributed by atoms with van der Waals surface area (Å²) in [6, 6.07) is 7.95. The van der Waals surface area contributed by atoms with Crippen LogP contribution in [-0.2, 0) is 11.2 Å². The van der Waals surface area contributed by atoms with Gasteiger partial charge < -0.3 is 10.6 Å². The number of nitrogens with one attached hydrogen (secondary N) is 2. The van der Waals surface area contributed by atoms with Crippen LogP contribution in [0.5, 0.6) is 0 Å². The Morgan fingerprint density at radius 1 is 0.913 bits per heavy atom. The van der Waals surface area contributed by atoms with Crippen LogP contribution in [-0.4, -0.2) is 19.0 Å². The first-order chi connectivity index (χ1) is 11.0. The van der Waals surface area contributed by atoms with Gasteiger partial charge in [0.2, 0.25) is 5.91 Å². The summed E-state index contributed by atoms with van der Waals surface area (Å²) in [4.78, 5) is 11.6. The van der Waals surface area contributed by atoms with Gasteiger partial charge in [-0.3, -0.25) is 4.79 Å². The van der Waals surface area contributed by atoms with Gasteiger partial charge >= 0.3 is 0 Å². The standard InChI is InChI=1S/C16H14F4N2O/c17-11-4-2-1-3-10(11)7-8-21-14(23)9-22-13-6-5-12(18)15(19)16(13)20/h1-6,22H,7-9H2,(H,21,23). The molecule has 0 unspecified atom stereocenters. The van der Waals surface area contributed by atoms with Crippen molar-refractivity contribution in [3.8, 4) is 0 Å². The molecule has 0 spiro atoms. The van der Waals surface area contributed by atoms with E-state index < -0.39 is 23.4 Å². The molecule has 122 valence electrons. The Labute approximate surface area is 130 Å². The maximum Gasteiger partial charge on any atom is 0.239 e. The van der Waals surface area contributed by atoms with Crippen LogP contribution in [0, 0.1) is 23.3 Å². The number of hydrogen-bond acceptors (Lipinski definition) is 2. The fraction of sp³-hybridized carbons (Fsp3) is 0.188. The minimum atomic E-state index is -1.60. The first-order valence-corrected chi connectivity index (χ1v) is 6.86. The van der Waals surface area contributed by atoms with Crippen molar-refractivity contribution < 1.29 is 22.4 Å². The Morgan fingerprint density at radius 2 is 1.65 bits per heavy atom. The van der Waals surface area contributed by atoms with E-state index in [1.807, 2.05) is 0 Å². The lowest BCUT2D eigenvalue weighted by Crippen LogP contribution is -2.31. The summed E-state index contributed by atoms with van der Waals surface area (Å²) >= 11 is 0. The number of hydrogen-bond donors (Lipinski definition) is 2. The Morgan fingerprint density at radius 3 is 2.39 bits per heavy atom. The average molecular weight is 326 g/mol. The third-order valence-corrected chi connectivity index (χ3v) is 3.15. The van der Waals surface area contributed by atoms with E-state index in [2.05, 4.69) is 10.6 Å². The van der Waals surface area contributed by atoms with E-state index in [4.69, 9.17) is 0 Å². The summed E-state index contributed by atoms with van der Waals surface area (Å²) in [5, 5.41) is 4.89. The Hall–Kier alpha value is -2.57. The second-order valence-corrected chi connectivity index (χ2v) is 4.77. The fourth-order valence-corrected chi connectivity index (χ4v) is 1.94. The molecule has 2 rings (SSSR count). The molecule has 0 aliphatic carbocycles. The van der Waals surface area contributed by atoms with Crippen molar-refractivity contribution >= 4 is 11.6 Å². The van der Waals surface area contributed by atoms with Crippen LogP contribution < -0.4 is 10.6 Å². The summed E-state index contributed by atoms with van der Waals surface area (Å²) in [7, 11) is 0. The van der Waals surface area contributed by atoms with Crippen LogP contribution >= 0.6 is 0 Å². The Bertz CT molecular complexity index is 706. The fourth-order valence-electron chi connectivity index (χ4n) is 1.94. The van der Waals surface area contributed by atoms with Crippen molar-refractivity contribution in [2.75, 3.05) is 18.4 Å². The SMILES string of the molecule is O=C(CNc1ccc(F)c(F)c1F)NCCc1ccccc1F. The molecule has 0 aliphatic heterocycles. The lowest BCUT2D eigenvalue weighted by atomic mass is 10.1. The van der Waals surface area contributed by atoms with E-state index in [0.29, 0.717) is 12.0 Å². The van der Waals surface area contributed by atoms with Crippen molar-refractivity contribution in [1.29, 1.82) is 0 Å². The highest BCUT2D eigenvalue weighted by atomic mass is 19.2. The lowest BCUT2D eigenvalue weighted by molar-refractivity contribution is -0.119. The highest BCUT2D eigenvalue weighted by Gasteiger charge is 2.13. The number of amides is 1. The molecule has 2 aromatic carbocycles. The van der Waals surface area contributed by atoms with Gasteiger partial charge in [0.15, 0.2) is 17.5 Å². The van der Waals surface area contributed by atoms with Gasteiger partial charge in [0, 0.05) is 6.54 Å². The van der Waals surface area contributed by atoms with Crippen molar-refractivity contribution in [2.45, 2.75) is 6.42 Å². The van der Waals surface area contributed by atoms with Crippen molar-refractivity contribution in [3.63, 3.8) is 0 Å². The van der Waals surface area contributed by atoms with Gasteiger partial charge in [0.25, 0.3) is 0 Å². The van der Waals surface area contributed by atoms with Gasteiger partial charge in [-0.2, -0.15) is 0 Å². The maximum absolute atomic E-state index is 13.4. The van der Waals surface area contributed by atoms with E-state index in [1.165, 1.54) is 6.07 Å². The predicted molar refractivity (Wildman–Crippen MR) is 77.9 cm³/mol. The lowest BCUT2D eigenvalue weighted by Gasteiger charge is -2.09. The van der Waals surface area contributed by atoms with Crippen LogP contribution in [0.15, 0.2) is 36.4 Å². The van der Waals surface area contributed by atoms with E-state index in [9.17, 15) is 22.4 Å². The highest BCUT2D eigenvalue weighted by Crippen LogP contribution is 2.19. The zero-order valence-electron chi connectivity index (χ0n) is 12.0. The smallest absolute Gasteiger partial charge is 0.239 e. The molecule has 0 radical (unpaired) electrons. The molecule has 0 fully saturated rings. The molecule has 0 saturated heterocycles. The van der Waals surface area contributed by atoms with Crippen molar-refractivity contribution in [2.24, 2.45) is 0 Å². The maximum atomic E-state index is 13.4. The number of halogens is 4. The number of rotatable bonds is 6. The minimum absolute atomic E-state index is 0.196. The van der Waals surface area contributed by atoms with Crippen LogP contribution in [0.25, 0.3) is 0 Å². The molecule has 3 nitrogen and oxygen atoms in total. The number of carbonyl (C=O) groups is 1. The predicted octanol–water partition coefficient (Wildman–Crippen LogP) is 3.01. The van der Waals surface area contributed by atoms with E-state index in [1.54, 1.807) is 18.2 Å². The second-order valence-electron chi connectivity index (χ2n) is 4.77. The van der Waals surface area contributed by atoms with E-state index in [-0.39, 0.29) is 24.6 Å². The van der Waals surface area contributed by atoms with E-state index >= 15 is 0 Å². The molecule has 1 amide bonds. The molecule has 0 atom stereocenters. The second kappa shape index (κ2) is 7.62. The van der Waals surface area contributed by atoms with Gasteiger partial charge in [-0.05, 0) is 30.2 Å². The summed E-state index contributed by atoms with van der Waals surface area (Å²) in [6.45, 7) is -0.124. The molecule has 0 bridgehead atoms. The summed E-state index contributed by atoms with van der Waals surface area (Å²) in [5.41, 5.74) is 0.153. The topological polar surface area (TPSA) is 41.1 Å². The Kier molecular flexibility index (Phi) is 5.56. The van der Waals surface area contributed by atoms with Crippen LogP contribution in [0.2, 0.25) is 0 Å². The number of anilines is 1. The molecule has 0 saturated carbocycles. The Balaban J connectivity index is 1.80. The van der Waals surface area contributed by atoms with E-state index in [0.717, 1.165) is 12.1 Å². The molecule has 2 N–H and O–H groups in total. The molecular weight excluding hydrogens is 312 g/mol. The van der Waals surface area contributed by atoms with Gasteiger partial charge in [0.05, 0.1) is 12.2 Å². The first kappa shape index (κ1) is 16.8. The normalized spacial score (nSPS) is 10.4. The third kappa shape index (κ3) is 4.45.